The highest BCUT2D eigenvalue weighted by molar-refractivity contribution is 6.47. The van der Waals surface area contributed by atoms with Crippen LogP contribution in [-0.2, 0) is 13.9 Å². The van der Waals surface area contributed by atoms with E-state index in [1.165, 1.54) is 10.8 Å². The smallest absolute Gasteiger partial charge is 0.268 e. The predicted octanol–water partition coefficient (Wildman–Crippen LogP) is 0.954. The fraction of sp³-hybridized carbons (Fsp3) is 0.571. The number of ether oxygens (including phenoxy) is 2. The van der Waals surface area contributed by atoms with Crippen molar-refractivity contribution in [3.63, 3.8) is 0 Å². The Morgan fingerprint density at radius 1 is 1.11 bits per heavy atom. The monoisotopic (exact) mass is 262 g/mol. The van der Waals surface area contributed by atoms with Crippen LogP contribution in [0.3, 0.4) is 0 Å². The highest BCUT2D eigenvalue weighted by Crippen LogP contribution is 2.38. The second-order valence-electron chi connectivity index (χ2n) is 5.01. The van der Waals surface area contributed by atoms with Gasteiger partial charge in [0.15, 0.2) is 0 Å². The summed E-state index contributed by atoms with van der Waals surface area (Å²) < 4.78 is 16.1. The molecule has 2 aliphatic heterocycles. The normalized spacial score (nSPS) is 20.8. The minimum absolute atomic E-state index is 0.434. The summed E-state index contributed by atoms with van der Waals surface area (Å²) in [6, 6.07) is 8.66. The van der Waals surface area contributed by atoms with E-state index in [2.05, 4.69) is 24.3 Å². The largest absolute Gasteiger partial charge is 0.415 e. The average molecular weight is 262 g/mol. The molecule has 0 atom stereocenters. The van der Waals surface area contributed by atoms with Crippen LogP contribution in [0, 0.1) is 11.8 Å². The van der Waals surface area contributed by atoms with Gasteiger partial charge in [-0.15, -0.1) is 0 Å². The molecule has 1 aromatic rings. The van der Waals surface area contributed by atoms with Crippen LogP contribution < -0.4 is 5.19 Å². The SMILES string of the molecule is CO[Si]c1ccccc1C(C1COC1)C1COC1. The van der Waals surface area contributed by atoms with E-state index < -0.39 is 0 Å². The van der Waals surface area contributed by atoms with Crippen LogP contribution in [0.25, 0.3) is 0 Å². The molecule has 18 heavy (non-hydrogen) atoms. The maximum Gasteiger partial charge on any atom is 0.268 e. The van der Waals surface area contributed by atoms with E-state index in [1.54, 1.807) is 7.11 Å². The molecule has 2 heterocycles. The molecule has 2 aliphatic rings. The van der Waals surface area contributed by atoms with Gasteiger partial charge in [0.2, 0.25) is 0 Å². The summed E-state index contributed by atoms with van der Waals surface area (Å²) >= 11 is 0. The van der Waals surface area contributed by atoms with Gasteiger partial charge in [-0.25, -0.2) is 0 Å². The first-order chi connectivity index (χ1) is 8.90. The summed E-state index contributed by atoms with van der Waals surface area (Å²) in [4.78, 5) is 0. The number of hydrogen-bond donors (Lipinski definition) is 0. The van der Waals surface area contributed by atoms with E-state index in [-0.39, 0.29) is 0 Å². The third-order valence-electron chi connectivity index (χ3n) is 3.88. The van der Waals surface area contributed by atoms with Gasteiger partial charge in [0.1, 0.15) is 0 Å². The molecule has 0 amide bonds. The lowest BCUT2D eigenvalue weighted by atomic mass is 9.75. The highest BCUT2D eigenvalue weighted by atomic mass is 28.2. The molecular formula is C14H18O3Si. The molecule has 3 nitrogen and oxygen atoms in total. The topological polar surface area (TPSA) is 27.7 Å². The molecule has 0 aliphatic carbocycles. The molecule has 0 N–H and O–H groups in total. The molecule has 0 spiro atoms. The molecule has 2 radical (unpaired) electrons. The molecule has 3 rings (SSSR count). The molecule has 0 aromatic heterocycles. The zero-order valence-corrected chi connectivity index (χ0v) is 11.6. The van der Waals surface area contributed by atoms with Crippen molar-refractivity contribution in [3.8, 4) is 0 Å². The van der Waals surface area contributed by atoms with E-state index in [4.69, 9.17) is 13.9 Å². The number of rotatable bonds is 5. The zero-order valence-electron chi connectivity index (χ0n) is 10.6. The summed E-state index contributed by atoms with van der Waals surface area (Å²) in [5.74, 6) is 1.88. The Hall–Kier alpha value is -0.683. The fourth-order valence-electron chi connectivity index (χ4n) is 2.81. The van der Waals surface area contributed by atoms with Crippen molar-refractivity contribution in [2.75, 3.05) is 33.5 Å². The molecule has 2 fully saturated rings. The lowest BCUT2D eigenvalue weighted by Gasteiger charge is -2.42. The van der Waals surface area contributed by atoms with Crippen molar-refractivity contribution in [1.82, 2.24) is 0 Å². The maximum absolute atomic E-state index is 5.39. The zero-order chi connectivity index (χ0) is 12.4. The van der Waals surface area contributed by atoms with E-state index in [0.29, 0.717) is 27.5 Å². The number of hydrogen-bond acceptors (Lipinski definition) is 3. The first-order valence-electron chi connectivity index (χ1n) is 6.43. The maximum atomic E-state index is 5.39. The van der Waals surface area contributed by atoms with Crippen molar-refractivity contribution in [1.29, 1.82) is 0 Å². The summed E-state index contributed by atoms with van der Waals surface area (Å²) in [5, 5.41) is 1.34. The standard InChI is InChI=1S/C14H18O3Si/c1-15-18-13-5-3-2-4-12(13)14(10-6-16-7-10)11-8-17-9-11/h2-5,10-11,14H,6-9H2,1H3. The Kier molecular flexibility index (Phi) is 3.79. The van der Waals surface area contributed by atoms with E-state index >= 15 is 0 Å². The van der Waals surface area contributed by atoms with Crippen LogP contribution >= 0.6 is 0 Å². The second kappa shape index (κ2) is 5.53. The van der Waals surface area contributed by atoms with Gasteiger partial charge in [0, 0.05) is 18.9 Å². The van der Waals surface area contributed by atoms with Gasteiger partial charge in [-0.1, -0.05) is 24.3 Å². The van der Waals surface area contributed by atoms with E-state index in [9.17, 15) is 0 Å². The predicted molar refractivity (Wildman–Crippen MR) is 70.2 cm³/mol. The van der Waals surface area contributed by atoms with Crippen molar-refractivity contribution < 1.29 is 13.9 Å². The van der Waals surface area contributed by atoms with Gasteiger partial charge in [-0.2, -0.15) is 0 Å². The molecule has 1 aromatic carbocycles. The van der Waals surface area contributed by atoms with Crippen LogP contribution in [0.5, 0.6) is 0 Å². The first-order valence-corrected chi connectivity index (χ1v) is 7.34. The highest BCUT2D eigenvalue weighted by Gasteiger charge is 2.39. The van der Waals surface area contributed by atoms with Crippen molar-refractivity contribution in [3.05, 3.63) is 29.8 Å². The third kappa shape index (κ3) is 2.25. The van der Waals surface area contributed by atoms with Gasteiger partial charge in [0.25, 0.3) is 9.76 Å². The van der Waals surface area contributed by atoms with Gasteiger partial charge in [-0.3, -0.25) is 0 Å². The molecule has 0 bridgehead atoms. The van der Waals surface area contributed by atoms with Gasteiger partial charge >= 0.3 is 0 Å². The summed E-state index contributed by atoms with van der Waals surface area (Å²) in [7, 11) is 2.20. The minimum Gasteiger partial charge on any atom is -0.415 e. The van der Waals surface area contributed by atoms with Crippen LogP contribution in [0.2, 0.25) is 0 Å². The molecule has 4 heteroatoms. The van der Waals surface area contributed by atoms with Crippen molar-refractivity contribution in [2.24, 2.45) is 11.8 Å². The second-order valence-corrected chi connectivity index (χ2v) is 6.17. The lowest BCUT2D eigenvalue weighted by molar-refractivity contribution is -0.104. The van der Waals surface area contributed by atoms with Gasteiger partial charge in [-0.05, 0) is 16.7 Å². The first kappa shape index (κ1) is 12.4. The number of benzene rings is 1. The molecule has 96 valence electrons. The van der Waals surface area contributed by atoms with Crippen LogP contribution in [0.4, 0.5) is 0 Å². The van der Waals surface area contributed by atoms with Crippen molar-refractivity contribution >= 4 is 14.9 Å². The Labute approximate surface area is 110 Å². The van der Waals surface area contributed by atoms with Gasteiger partial charge in [0.05, 0.1) is 26.4 Å². The molecule has 2 saturated heterocycles. The van der Waals surface area contributed by atoms with E-state index in [0.717, 1.165) is 26.4 Å². The fourth-order valence-corrected chi connectivity index (χ4v) is 3.56. The lowest BCUT2D eigenvalue weighted by Crippen LogP contribution is -2.45. The Morgan fingerprint density at radius 3 is 2.22 bits per heavy atom. The summed E-state index contributed by atoms with van der Waals surface area (Å²) in [5.41, 5.74) is 1.44. The third-order valence-corrected chi connectivity index (χ3v) is 4.75. The Balaban J connectivity index is 1.88. The van der Waals surface area contributed by atoms with Gasteiger partial charge < -0.3 is 13.9 Å². The van der Waals surface area contributed by atoms with Crippen LogP contribution in [0.1, 0.15) is 11.5 Å². The van der Waals surface area contributed by atoms with Crippen LogP contribution in [0.15, 0.2) is 24.3 Å². The van der Waals surface area contributed by atoms with Crippen LogP contribution in [-0.4, -0.2) is 43.3 Å². The summed E-state index contributed by atoms with van der Waals surface area (Å²) in [6.45, 7) is 3.58. The minimum atomic E-state index is 0.434. The Bertz CT molecular complexity index is 388. The average Bonchev–Trinajstić information content (AvgIpc) is 2.25. The van der Waals surface area contributed by atoms with E-state index in [1.807, 2.05) is 0 Å². The summed E-state index contributed by atoms with van der Waals surface area (Å²) in [6.07, 6.45) is 0. The quantitative estimate of drug-likeness (QED) is 0.740. The molecule has 0 saturated carbocycles. The molecular weight excluding hydrogens is 244 g/mol. The Morgan fingerprint density at radius 2 is 1.72 bits per heavy atom. The molecule has 0 unspecified atom stereocenters. The van der Waals surface area contributed by atoms with Crippen molar-refractivity contribution in [2.45, 2.75) is 5.92 Å².